The summed E-state index contributed by atoms with van der Waals surface area (Å²) in [5.74, 6) is 0.975. The molecule has 0 saturated carbocycles. The molecule has 0 fully saturated rings. The first-order valence-corrected chi connectivity index (χ1v) is 5.75. The third kappa shape index (κ3) is 7.12. The van der Waals surface area contributed by atoms with E-state index in [-0.39, 0.29) is 5.92 Å². The standard InChI is InChI=1S/C14H24O/c1-6-7-8-13(9-11(2)3)14(15)10-12(4)5/h6-7,12-13H,2,8-10H2,1,3-5H3/b7-6+. The van der Waals surface area contributed by atoms with Gasteiger partial charge in [0.25, 0.3) is 0 Å². The highest BCUT2D eigenvalue weighted by atomic mass is 16.1. The first-order chi connectivity index (χ1) is 6.97. The Hall–Kier alpha value is -0.850. The highest BCUT2D eigenvalue weighted by molar-refractivity contribution is 5.81. The summed E-state index contributed by atoms with van der Waals surface area (Å²) in [4.78, 5) is 11.9. The van der Waals surface area contributed by atoms with Crippen LogP contribution in [0.15, 0.2) is 24.3 Å². The van der Waals surface area contributed by atoms with Crippen molar-refractivity contribution >= 4 is 5.78 Å². The molecular weight excluding hydrogens is 184 g/mol. The highest BCUT2D eigenvalue weighted by Crippen LogP contribution is 2.19. The van der Waals surface area contributed by atoms with Crippen molar-refractivity contribution in [2.45, 2.75) is 47.0 Å². The SMILES string of the molecule is C=C(C)CC(C/C=C/C)C(=O)CC(C)C. The van der Waals surface area contributed by atoms with Crippen molar-refractivity contribution in [2.75, 3.05) is 0 Å². The zero-order valence-corrected chi connectivity index (χ0v) is 10.5. The maximum absolute atomic E-state index is 11.9. The van der Waals surface area contributed by atoms with Gasteiger partial charge in [-0.1, -0.05) is 31.6 Å². The molecule has 0 aromatic carbocycles. The number of carbonyl (C=O) groups excluding carboxylic acids is 1. The lowest BCUT2D eigenvalue weighted by molar-refractivity contribution is -0.123. The maximum Gasteiger partial charge on any atom is 0.136 e. The van der Waals surface area contributed by atoms with Gasteiger partial charge in [0.05, 0.1) is 0 Å². The van der Waals surface area contributed by atoms with Crippen LogP contribution in [0, 0.1) is 11.8 Å². The first kappa shape index (κ1) is 14.2. The fourth-order valence-electron chi connectivity index (χ4n) is 1.62. The van der Waals surface area contributed by atoms with Crippen molar-refractivity contribution in [1.82, 2.24) is 0 Å². The van der Waals surface area contributed by atoms with Crippen LogP contribution in [-0.2, 0) is 4.79 Å². The van der Waals surface area contributed by atoms with Crippen LogP contribution < -0.4 is 0 Å². The van der Waals surface area contributed by atoms with Gasteiger partial charge in [-0.3, -0.25) is 4.79 Å². The Kier molecular flexibility index (Phi) is 7.02. The van der Waals surface area contributed by atoms with Crippen LogP contribution in [0.3, 0.4) is 0 Å². The van der Waals surface area contributed by atoms with Gasteiger partial charge in [0.1, 0.15) is 5.78 Å². The molecular formula is C14H24O. The van der Waals surface area contributed by atoms with Crippen LogP contribution in [0.25, 0.3) is 0 Å². The third-order valence-electron chi connectivity index (χ3n) is 2.32. The highest BCUT2D eigenvalue weighted by Gasteiger charge is 2.17. The molecule has 0 N–H and O–H groups in total. The molecule has 0 aromatic heterocycles. The second-order valence-corrected chi connectivity index (χ2v) is 4.73. The van der Waals surface area contributed by atoms with E-state index < -0.39 is 0 Å². The molecule has 1 heteroatoms. The zero-order valence-electron chi connectivity index (χ0n) is 10.5. The van der Waals surface area contributed by atoms with Crippen LogP contribution >= 0.6 is 0 Å². The number of hydrogen-bond acceptors (Lipinski definition) is 1. The van der Waals surface area contributed by atoms with Crippen LogP contribution in [0.2, 0.25) is 0 Å². The lowest BCUT2D eigenvalue weighted by Crippen LogP contribution is -2.16. The lowest BCUT2D eigenvalue weighted by atomic mass is 9.89. The van der Waals surface area contributed by atoms with Gasteiger partial charge in [-0.2, -0.15) is 0 Å². The molecule has 0 saturated heterocycles. The summed E-state index contributed by atoms with van der Waals surface area (Å²) in [6.07, 6.45) is 6.46. The molecule has 0 aliphatic heterocycles. The number of hydrogen-bond donors (Lipinski definition) is 0. The van der Waals surface area contributed by atoms with Crippen LogP contribution in [0.4, 0.5) is 0 Å². The van der Waals surface area contributed by atoms with Gasteiger partial charge < -0.3 is 0 Å². The van der Waals surface area contributed by atoms with Crippen molar-refractivity contribution < 1.29 is 4.79 Å². The van der Waals surface area contributed by atoms with Crippen LogP contribution in [-0.4, -0.2) is 5.78 Å². The average molecular weight is 208 g/mol. The topological polar surface area (TPSA) is 17.1 Å². The second kappa shape index (κ2) is 7.44. The minimum Gasteiger partial charge on any atom is -0.299 e. The fraction of sp³-hybridized carbons (Fsp3) is 0.643. The molecule has 86 valence electrons. The summed E-state index contributed by atoms with van der Waals surface area (Å²) in [6, 6.07) is 0. The largest absolute Gasteiger partial charge is 0.299 e. The summed E-state index contributed by atoms with van der Waals surface area (Å²) < 4.78 is 0. The molecule has 0 rings (SSSR count). The van der Waals surface area contributed by atoms with Gasteiger partial charge in [-0.25, -0.2) is 0 Å². The minimum absolute atomic E-state index is 0.140. The van der Waals surface area contributed by atoms with Crippen molar-refractivity contribution in [3.63, 3.8) is 0 Å². The first-order valence-electron chi connectivity index (χ1n) is 5.75. The Morgan fingerprint density at radius 1 is 1.33 bits per heavy atom. The fourth-order valence-corrected chi connectivity index (χ4v) is 1.62. The van der Waals surface area contributed by atoms with E-state index in [1.807, 2.05) is 19.9 Å². The van der Waals surface area contributed by atoms with E-state index in [2.05, 4.69) is 26.5 Å². The molecule has 0 radical (unpaired) electrons. The molecule has 0 spiro atoms. The quantitative estimate of drug-likeness (QED) is 0.574. The number of Topliss-reactive ketones (excluding diaryl/α,β-unsaturated/α-hetero) is 1. The molecule has 0 aromatic rings. The number of rotatable bonds is 7. The van der Waals surface area contributed by atoms with Crippen molar-refractivity contribution in [1.29, 1.82) is 0 Å². The van der Waals surface area contributed by atoms with E-state index in [0.29, 0.717) is 18.1 Å². The van der Waals surface area contributed by atoms with Crippen molar-refractivity contribution in [3.8, 4) is 0 Å². The van der Waals surface area contributed by atoms with Crippen LogP contribution in [0.1, 0.15) is 47.0 Å². The van der Waals surface area contributed by atoms with Gasteiger partial charge in [0, 0.05) is 12.3 Å². The minimum atomic E-state index is 0.140. The van der Waals surface area contributed by atoms with E-state index in [1.165, 1.54) is 0 Å². The van der Waals surface area contributed by atoms with E-state index >= 15 is 0 Å². The van der Waals surface area contributed by atoms with E-state index in [0.717, 1.165) is 18.4 Å². The summed E-state index contributed by atoms with van der Waals surface area (Å²) in [5, 5.41) is 0. The summed E-state index contributed by atoms with van der Waals surface area (Å²) in [6.45, 7) is 12.0. The van der Waals surface area contributed by atoms with E-state index in [4.69, 9.17) is 0 Å². The Bertz CT molecular complexity index is 236. The Labute approximate surface area is 94.3 Å². The molecule has 1 atom stereocenters. The van der Waals surface area contributed by atoms with Gasteiger partial charge in [-0.05, 0) is 32.6 Å². The van der Waals surface area contributed by atoms with E-state index in [1.54, 1.807) is 0 Å². The van der Waals surface area contributed by atoms with Crippen molar-refractivity contribution in [3.05, 3.63) is 24.3 Å². The Balaban J connectivity index is 4.32. The molecule has 0 aliphatic rings. The summed E-state index contributed by atoms with van der Waals surface area (Å²) >= 11 is 0. The van der Waals surface area contributed by atoms with Gasteiger partial charge in [0.15, 0.2) is 0 Å². The normalized spacial score (nSPS) is 13.4. The maximum atomic E-state index is 11.9. The monoisotopic (exact) mass is 208 g/mol. The summed E-state index contributed by atoms with van der Waals surface area (Å²) in [5.41, 5.74) is 1.10. The molecule has 0 aliphatic carbocycles. The second-order valence-electron chi connectivity index (χ2n) is 4.73. The molecule has 1 nitrogen and oxygen atoms in total. The molecule has 0 heterocycles. The van der Waals surface area contributed by atoms with Crippen molar-refractivity contribution in [2.24, 2.45) is 11.8 Å². The predicted octanol–water partition coefficient (Wildman–Crippen LogP) is 4.15. The van der Waals surface area contributed by atoms with Crippen LogP contribution in [0.5, 0.6) is 0 Å². The lowest BCUT2D eigenvalue weighted by Gasteiger charge is -2.15. The molecule has 0 bridgehead atoms. The average Bonchev–Trinajstić information content (AvgIpc) is 2.10. The van der Waals surface area contributed by atoms with Gasteiger partial charge in [0.2, 0.25) is 0 Å². The number of ketones is 1. The van der Waals surface area contributed by atoms with Gasteiger partial charge >= 0.3 is 0 Å². The number of allylic oxidation sites excluding steroid dienone is 3. The smallest absolute Gasteiger partial charge is 0.136 e. The van der Waals surface area contributed by atoms with E-state index in [9.17, 15) is 4.79 Å². The number of carbonyl (C=O) groups is 1. The Morgan fingerprint density at radius 2 is 1.93 bits per heavy atom. The Morgan fingerprint density at radius 3 is 2.33 bits per heavy atom. The zero-order chi connectivity index (χ0) is 11.8. The predicted molar refractivity (Wildman–Crippen MR) is 66.8 cm³/mol. The van der Waals surface area contributed by atoms with Gasteiger partial charge in [-0.15, -0.1) is 6.58 Å². The third-order valence-corrected chi connectivity index (χ3v) is 2.32. The molecule has 0 amide bonds. The molecule has 1 unspecified atom stereocenters. The molecule has 15 heavy (non-hydrogen) atoms. The summed E-state index contributed by atoms with van der Waals surface area (Å²) in [7, 11) is 0.